The third-order valence-electron chi connectivity index (χ3n) is 4.06. The van der Waals surface area contributed by atoms with Crippen molar-refractivity contribution in [2.45, 2.75) is 12.6 Å². The minimum Gasteiger partial charge on any atom is -0.465 e. The Labute approximate surface area is 161 Å². The molecule has 1 aromatic heterocycles. The molecule has 0 saturated carbocycles. The second-order valence-corrected chi connectivity index (χ2v) is 7.07. The smallest absolute Gasteiger partial charge is 0.337 e. The van der Waals surface area contributed by atoms with Gasteiger partial charge in [0.05, 0.1) is 19.2 Å². The van der Waals surface area contributed by atoms with Gasteiger partial charge in [-0.15, -0.1) is 11.3 Å². The predicted octanol–water partition coefficient (Wildman–Crippen LogP) is 3.55. The van der Waals surface area contributed by atoms with Crippen LogP contribution in [-0.4, -0.2) is 24.1 Å². The van der Waals surface area contributed by atoms with Gasteiger partial charge in [0.1, 0.15) is 6.10 Å². The lowest BCUT2D eigenvalue weighted by Crippen LogP contribution is -2.22. The maximum atomic E-state index is 12.3. The molecule has 2 N–H and O–H groups in total. The number of carbonyl (C=O) groups is 2. The highest BCUT2D eigenvalue weighted by molar-refractivity contribution is 7.12. The summed E-state index contributed by atoms with van der Waals surface area (Å²) in [5.74, 6) is -0.671. The van der Waals surface area contributed by atoms with Gasteiger partial charge in [0, 0.05) is 15.3 Å². The maximum Gasteiger partial charge on any atom is 0.337 e. The molecule has 0 saturated heterocycles. The predicted molar refractivity (Wildman–Crippen MR) is 104 cm³/mol. The van der Waals surface area contributed by atoms with Crippen molar-refractivity contribution in [3.63, 3.8) is 0 Å². The van der Waals surface area contributed by atoms with Gasteiger partial charge in [0.25, 0.3) is 5.91 Å². The Morgan fingerprint density at radius 1 is 1.00 bits per heavy atom. The number of ether oxygens (including phenoxy) is 1. The molecule has 3 aromatic rings. The highest BCUT2D eigenvalue weighted by Crippen LogP contribution is 2.28. The molecule has 1 amide bonds. The molecular weight excluding hydrogens is 362 g/mol. The summed E-state index contributed by atoms with van der Waals surface area (Å²) >= 11 is 1.46. The van der Waals surface area contributed by atoms with Gasteiger partial charge in [0.2, 0.25) is 0 Å². The normalized spacial score (nSPS) is 11.6. The van der Waals surface area contributed by atoms with Crippen molar-refractivity contribution in [3.05, 3.63) is 93.2 Å². The molecule has 3 rings (SSSR count). The topological polar surface area (TPSA) is 75.6 Å². The molecule has 0 radical (unpaired) electrons. The Hall–Kier alpha value is -2.96. The molecule has 1 atom stereocenters. The average Bonchev–Trinajstić information content (AvgIpc) is 3.20. The fourth-order valence-corrected chi connectivity index (χ4v) is 3.55. The van der Waals surface area contributed by atoms with Crippen LogP contribution in [0.4, 0.5) is 0 Å². The van der Waals surface area contributed by atoms with E-state index in [-0.39, 0.29) is 5.91 Å². The molecule has 5 nitrogen and oxygen atoms in total. The number of aliphatic hydroxyl groups excluding tert-OH is 1. The first kappa shape index (κ1) is 18.8. The molecule has 0 aliphatic heterocycles. The Morgan fingerprint density at radius 3 is 2.33 bits per heavy atom. The fraction of sp³-hybridized carbons (Fsp3) is 0.143. The third-order valence-corrected chi connectivity index (χ3v) is 5.20. The fourth-order valence-electron chi connectivity index (χ4n) is 2.58. The molecule has 1 heterocycles. The second kappa shape index (κ2) is 8.62. The number of nitrogens with one attached hydrogen (secondary N) is 1. The first-order valence-electron chi connectivity index (χ1n) is 8.36. The summed E-state index contributed by atoms with van der Waals surface area (Å²) in [5.41, 5.74) is 1.69. The first-order chi connectivity index (χ1) is 13.1. The molecule has 2 aromatic carbocycles. The number of hydrogen-bond donors (Lipinski definition) is 2. The summed E-state index contributed by atoms with van der Waals surface area (Å²) in [7, 11) is 1.31. The number of amides is 1. The zero-order chi connectivity index (χ0) is 19.2. The summed E-state index contributed by atoms with van der Waals surface area (Å²) in [6.07, 6.45) is -0.675. The molecule has 0 aliphatic rings. The quantitative estimate of drug-likeness (QED) is 0.641. The summed E-state index contributed by atoms with van der Waals surface area (Å²) in [5, 5.41) is 13.3. The van der Waals surface area contributed by atoms with Crippen LogP contribution >= 0.6 is 11.3 Å². The van der Waals surface area contributed by atoms with E-state index in [9.17, 15) is 14.7 Å². The van der Waals surface area contributed by atoms with Crippen LogP contribution in [0.1, 0.15) is 42.1 Å². The molecule has 27 heavy (non-hydrogen) atoms. The van der Waals surface area contributed by atoms with Gasteiger partial charge in [-0.2, -0.15) is 0 Å². The van der Waals surface area contributed by atoms with Crippen molar-refractivity contribution in [1.29, 1.82) is 0 Å². The number of esters is 1. The van der Waals surface area contributed by atoms with E-state index in [4.69, 9.17) is 0 Å². The van der Waals surface area contributed by atoms with Crippen LogP contribution in [0, 0.1) is 0 Å². The largest absolute Gasteiger partial charge is 0.465 e. The van der Waals surface area contributed by atoms with Crippen molar-refractivity contribution in [3.8, 4) is 0 Å². The molecule has 0 aliphatic carbocycles. The van der Waals surface area contributed by atoms with Crippen molar-refractivity contribution in [2.24, 2.45) is 0 Å². The molecule has 0 bridgehead atoms. The van der Waals surface area contributed by atoms with Crippen LogP contribution in [0.5, 0.6) is 0 Å². The molecule has 0 fully saturated rings. The van der Waals surface area contributed by atoms with E-state index >= 15 is 0 Å². The summed E-state index contributed by atoms with van der Waals surface area (Å²) in [4.78, 5) is 25.5. The van der Waals surface area contributed by atoms with Gasteiger partial charge in [0.15, 0.2) is 0 Å². The van der Waals surface area contributed by atoms with Gasteiger partial charge in [-0.1, -0.05) is 30.3 Å². The average molecular weight is 381 g/mol. The highest BCUT2D eigenvalue weighted by Gasteiger charge is 2.13. The van der Waals surface area contributed by atoms with Crippen molar-refractivity contribution in [2.75, 3.05) is 7.11 Å². The highest BCUT2D eigenvalue weighted by atomic mass is 32.1. The Bertz CT molecular complexity index is 919. The van der Waals surface area contributed by atoms with Gasteiger partial charge in [-0.05, 0) is 42.0 Å². The Balaban J connectivity index is 1.59. The SMILES string of the molecule is COC(=O)c1ccc(C(=O)NCc2ccc(C(O)c3ccccc3)s2)cc1. The monoisotopic (exact) mass is 381 g/mol. The van der Waals surface area contributed by atoms with Crippen molar-refractivity contribution in [1.82, 2.24) is 5.32 Å². The molecule has 138 valence electrons. The number of aliphatic hydroxyl groups is 1. The van der Waals surface area contributed by atoms with Gasteiger partial charge >= 0.3 is 5.97 Å². The number of hydrogen-bond acceptors (Lipinski definition) is 5. The van der Waals surface area contributed by atoms with E-state index < -0.39 is 12.1 Å². The lowest BCUT2D eigenvalue weighted by Gasteiger charge is -2.08. The molecule has 0 spiro atoms. The minimum absolute atomic E-state index is 0.232. The van der Waals surface area contributed by atoms with Crippen LogP contribution in [0.25, 0.3) is 0 Å². The van der Waals surface area contributed by atoms with E-state index in [2.05, 4.69) is 10.1 Å². The molecular formula is C21H19NO4S. The lowest BCUT2D eigenvalue weighted by atomic mass is 10.1. The maximum absolute atomic E-state index is 12.3. The van der Waals surface area contributed by atoms with Crippen LogP contribution < -0.4 is 5.32 Å². The number of benzene rings is 2. The Morgan fingerprint density at radius 2 is 1.67 bits per heavy atom. The molecule has 1 unspecified atom stereocenters. The zero-order valence-electron chi connectivity index (χ0n) is 14.7. The number of thiophene rings is 1. The minimum atomic E-state index is -0.675. The van der Waals surface area contributed by atoms with Gasteiger partial charge in [-0.3, -0.25) is 4.79 Å². The second-order valence-electron chi connectivity index (χ2n) is 5.87. The first-order valence-corrected chi connectivity index (χ1v) is 9.18. The number of carbonyl (C=O) groups excluding carboxylic acids is 2. The standard InChI is InChI=1S/C21H19NO4S/c1-26-21(25)16-9-7-15(8-10-16)20(24)22-13-17-11-12-18(27-17)19(23)14-5-3-2-4-6-14/h2-12,19,23H,13H2,1H3,(H,22,24). The lowest BCUT2D eigenvalue weighted by molar-refractivity contribution is 0.0600. The number of rotatable bonds is 6. The van der Waals surface area contributed by atoms with Gasteiger partial charge < -0.3 is 15.2 Å². The van der Waals surface area contributed by atoms with Crippen LogP contribution in [0.15, 0.2) is 66.7 Å². The van der Waals surface area contributed by atoms with E-state index in [1.165, 1.54) is 18.4 Å². The van der Waals surface area contributed by atoms with E-state index in [1.54, 1.807) is 24.3 Å². The van der Waals surface area contributed by atoms with E-state index in [1.807, 2.05) is 42.5 Å². The summed E-state index contributed by atoms with van der Waals surface area (Å²) < 4.78 is 4.64. The summed E-state index contributed by atoms with van der Waals surface area (Å²) in [6, 6.07) is 19.5. The van der Waals surface area contributed by atoms with Crippen molar-refractivity contribution >= 4 is 23.2 Å². The zero-order valence-corrected chi connectivity index (χ0v) is 15.5. The van der Waals surface area contributed by atoms with E-state index in [0.29, 0.717) is 17.7 Å². The third kappa shape index (κ3) is 4.61. The van der Waals surface area contributed by atoms with Crippen LogP contribution in [0.3, 0.4) is 0 Å². The summed E-state index contributed by atoms with van der Waals surface area (Å²) in [6.45, 7) is 0.365. The van der Waals surface area contributed by atoms with Crippen LogP contribution in [0.2, 0.25) is 0 Å². The van der Waals surface area contributed by atoms with E-state index in [0.717, 1.165) is 15.3 Å². The van der Waals surface area contributed by atoms with Crippen LogP contribution in [-0.2, 0) is 11.3 Å². The number of methoxy groups -OCH3 is 1. The van der Waals surface area contributed by atoms with Gasteiger partial charge in [-0.25, -0.2) is 4.79 Å². The Kier molecular flexibility index (Phi) is 6.01. The van der Waals surface area contributed by atoms with Crippen molar-refractivity contribution < 1.29 is 19.4 Å². The molecule has 6 heteroatoms.